The summed E-state index contributed by atoms with van der Waals surface area (Å²) in [7, 11) is 0. The van der Waals surface area contributed by atoms with Crippen LogP contribution in [0, 0.1) is 0 Å². The van der Waals surface area contributed by atoms with E-state index in [1.165, 1.54) is 0 Å². The van der Waals surface area contributed by atoms with E-state index in [0.717, 1.165) is 30.9 Å². The maximum absolute atomic E-state index is 11.6. The number of rotatable bonds is 4. The number of anilines is 1. The zero-order valence-corrected chi connectivity index (χ0v) is 9.69. The van der Waals surface area contributed by atoms with Gasteiger partial charge in [-0.2, -0.15) is 0 Å². The van der Waals surface area contributed by atoms with Gasteiger partial charge in [-0.1, -0.05) is 0 Å². The van der Waals surface area contributed by atoms with Gasteiger partial charge in [-0.05, 0) is 30.7 Å². The van der Waals surface area contributed by atoms with Gasteiger partial charge in [0.15, 0.2) is 0 Å². The molecule has 2 rings (SSSR count). The highest BCUT2D eigenvalue weighted by molar-refractivity contribution is 5.92. The van der Waals surface area contributed by atoms with Gasteiger partial charge >= 0.3 is 6.03 Å². The summed E-state index contributed by atoms with van der Waals surface area (Å²) in [5.74, 6) is 0.775. The summed E-state index contributed by atoms with van der Waals surface area (Å²) in [4.78, 5) is 13.4. The monoisotopic (exact) mass is 235 g/mol. The van der Waals surface area contributed by atoms with Crippen LogP contribution in [0.15, 0.2) is 24.3 Å². The van der Waals surface area contributed by atoms with Gasteiger partial charge in [0, 0.05) is 25.3 Å². The largest absolute Gasteiger partial charge is 0.492 e. The zero-order chi connectivity index (χ0) is 12.1. The number of hydrogen-bond acceptors (Lipinski definition) is 3. The molecule has 0 spiro atoms. The molecule has 1 saturated heterocycles. The molecule has 3 N–H and O–H groups in total. The number of amides is 2. The average molecular weight is 235 g/mol. The van der Waals surface area contributed by atoms with Crippen LogP contribution in [0.5, 0.6) is 5.75 Å². The van der Waals surface area contributed by atoms with Crippen molar-refractivity contribution in [2.75, 3.05) is 31.1 Å². The minimum atomic E-state index is -0.0353. The Kier molecular flexibility index (Phi) is 3.82. The molecular formula is C12H17N3O2. The van der Waals surface area contributed by atoms with Crippen molar-refractivity contribution in [3.63, 3.8) is 0 Å². The molecular weight excluding hydrogens is 218 g/mol. The molecule has 0 saturated carbocycles. The Morgan fingerprint density at radius 2 is 2.12 bits per heavy atom. The van der Waals surface area contributed by atoms with Crippen molar-refractivity contribution in [1.82, 2.24) is 5.32 Å². The van der Waals surface area contributed by atoms with Crippen LogP contribution < -0.4 is 20.7 Å². The molecule has 0 aliphatic carbocycles. The summed E-state index contributed by atoms with van der Waals surface area (Å²) in [6.07, 6.45) is 0.969. The van der Waals surface area contributed by atoms with Gasteiger partial charge in [0.1, 0.15) is 12.4 Å². The molecule has 1 aromatic rings. The van der Waals surface area contributed by atoms with E-state index >= 15 is 0 Å². The molecule has 1 aliphatic heterocycles. The number of nitrogens with two attached hydrogens (primary N) is 1. The summed E-state index contributed by atoms with van der Waals surface area (Å²) in [5.41, 5.74) is 6.25. The highest BCUT2D eigenvalue weighted by atomic mass is 16.5. The van der Waals surface area contributed by atoms with Crippen LogP contribution in [0.25, 0.3) is 0 Å². The molecule has 92 valence electrons. The van der Waals surface area contributed by atoms with Gasteiger partial charge in [-0.25, -0.2) is 4.79 Å². The summed E-state index contributed by atoms with van der Waals surface area (Å²) in [6.45, 7) is 2.52. The van der Waals surface area contributed by atoms with Gasteiger partial charge < -0.3 is 15.8 Å². The second-order valence-electron chi connectivity index (χ2n) is 3.87. The number of nitrogens with zero attached hydrogens (tertiary/aromatic N) is 1. The van der Waals surface area contributed by atoms with Crippen molar-refractivity contribution in [2.45, 2.75) is 6.42 Å². The lowest BCUT2D eigenvalue weighted by Gasteiger charge is -2.27. The van der Waals surface area contributed by atoms with Gasteiger partial charge in [0.25, 0.3) is 0 Å². The molecule has 0 atom stereocenters. The van der Waals surface area contributed by atoms with Gasteiger partial charge in [-0.15, -0.1) is 0 Å². The van der Waals surface area contributed by atoms with Crippen LogP contribution >= 0.6 is 0 Å². The first-order valence-electron chi connectivity index (χ1n) is 5.79. The number of carbonyl (C=O) groups is 1. The fourth-order valence-corrected chi connectivity index (χ4v) is 1.77. The first kappa shape index (κ1) is 11.7. The smallest absolute Gasteiger partial charge is 0.321 e. The average Bonchev–Trinajstić information content (AvgIpc) is 2.38. The van der Waals surface area contributed by atoms with Crippen molar-refractivity contribution in [1.29, 1.82) is 0 Å². The summed E-state index contributed by atoms with van der Waals surface area (Å²) in [6, 6.07) is 7.44. The van der Waals surface area contributed by atoms with Crippen LogP contribution in [0.2, 0.25) is 0 Å². The van der Waals surface area contributed by atoms with E-state index in [2.05, 4.69) is 5.32 Å². The molecule has 1 aromatic carbocycles. The van der Waals surface area contributed by atoms with Crippen molar-refractivity contribution in [2.24, 2.45) is 5.73 Å². The van der Waals surface area contributed by atoms with Crippen molar-refractivity contribution in [3.8, 4) is 5.75 Å². The predicted molar refractivity (Wildman–Crippen MR) is 66.4 cm³/mol. The Balaban J connectivity index is 2.03. The molecule has 1 heterocycles. The van der Waals surface area contributed by atoms with E-state index in [4.69, 9.17) is 10.5 Å². The lowest BCUT2D eigenvalue weighted by molar-refractivity contribution is 0.243. The molecule has 0 bridgehead atoms. The van der Waals surface area contributed by atoms with Crippen LogP contribution in [-0.2, 0) is 0 Å². The molecule has 0 radical (unpaired) electrons. The fraction of sp³-hybridized carbons (Fsp3) is 0.417. The molecule has 1 aliphatic rings. The third-order valence-corrected chi connectivity index (χ3v) is 2.61. The molecule has 0 unspecified atom stereocenters. The Morgan fingerprint density at radius 3 is 2.76 bits per heavy atom. The van der Waals surface area contributed by atoms with Crippen molar-refractivity contribution >= 4 is 11.7 Å². The van der Waals surface area contributed by atoms with Crippen molar-refractivity contribution < 1.29 is 9.53 Å². The van der Waals surface area contributed by atoms with Gasteiger partial charge in [0.2, 0.25) is 0 Å². The Hall–Kier alpha value is -1.75. The Labute approximate surface area is 101 Å². The second kappa shape index (κ2) is 5.54. The maximum atomic E-state index is 11.6. The van der Waals surface area contributed by atoms with E-state index in [9.17, 15) is 4.79 Å². The van der Waals surface area contributed by atoms with Crippen LogP contribution in [0.4, 0.5) is 10.5 Å². The minimum Gasteiger partial charge on any atom is -0.492 e. The molecule has 2 amide bonds. The number of benzene rings is 1. The first-order valence-corrected chi connectivity index (χ1v) is 5.79. The zero-order valence-electron chi connectivity index (χ0n) is 9.69. The standard InChI is InChI=1S/C12H17N3O2/c13-6-9-17-11-4-2-10(3-5-11)15-8-1-7-14-12(15)16/h2-5H,1,6-9,13H2,(H,14,16). The molecule has 17 heavy (non-hydrogen) atoms. The normalized spacial score (nSPS) is 15.6. The topological polar surface area (TPSA) is 67.6 Å². The Morgan fingerprint density at radius 1 is 1.35 bits per heavy atom. The number of hydrogen-bond donors (Lipinski definition) is 2. The summed E-state index contributed by atoms with van der Waals surface area (Å²) >= 11 is 0. The van der Waals surface area contributed by atoms with E-state index < -0.39 is 0 Å². The lowest BCUT2D eigenvalue weighted by atomic mass is 10.2. The van der Waals surface area contributed by atoms with E-state index in [1.807, 2.05) is 24.3 Å². The first-order chi connectivity index (χ1) is 8.31. The van der Waals surface area contributed by atoms with Crippen LogP contribution in [-0.4, -0.2) is 32.3 Å². The molecule has 5 heteroatoms. The Bertz CT molecular complexity index is 378. The second-order valence-corrected chi connectivity index (χ2v) is 3.87. The van der Waals surface area contributed by atoms with Crippen molar-refractivity contribution in [3.05, 3.63) is 24.3 Å². The lowest BCUT2D eigenvalue weighted by Crippen LogP contribution is -2.46. The number of urea groups is 1. The highest BCUT2D eigenvalue weighted by Gasteiger charge is 2.18. The van der Waals surface area contributed by atoms with Gasteiger partial charge in [0.05, 0.1) is 0 Å². The van der Waals surface area contributed by atoms with E-state index in [0.29, 0.717) is 13.2 Å². The number of ether oxygens (including phenoxy) is 1. The number of nitrogens with one attached hydrogen (secondary N) is 1. The van der Waals surface area contributed by atoms with Gasteiger partial charge in [-0.3, -0.25) is 4.90 Å². The van der Waals surface area contributed by atoms with E-state index in [1.54, 1.807) is 4.90 Å². The third kappa shape index (κ3) is 2.88. The summed E-state index contributed by atoms with van der Waals surface area (Å²) in [5, 5.41) is 2.82. The maximum Gasteiger partial charge on any atom is 0.321 e. The van der Waals surface area contributed by atoms with Crippen LogP contribution in [0.3, 0.4) is 0 Å². The predicted octanol–water partition coefficient (Wildman–Crippen LogP) is 0.944. The number of carbonyl (C=O) groups excluding carboxylic acids is 1. The van der Waals surface area contributed by atoms with E-state index in [-0.39, 0.29) is 6.03 Å². The summed E-state index contributed by atoms with van der Waals surface area (Å²) < 4.78 is 5.38. The quantitative estimate of drug-likeness (QED) is 0.816. The highest BCUT2D eigenvalue weighted by Crippen LogP contribution is 2.20. The molecule has 1 fully saturated rings. The SMILES string of the molecule is NCCOc1ccc(N2CCCNC2=O)cc1. The fourth-order valence-electron chi connectivity index (χ4n) is 1.77. The minimum absolute atomic E-state index is 0.0353. The van der Waals surface area contributed by atoms with Crippen LogP contribution in [0.1, 0.15) is 6.42 Å². The molecule has 0 aromatic heterocycles. The molecule has 5 nitrogen and oxygen atoms in total. The third-order valence-electron chi connectivity index (χ3n) is 2.61.